The van der Waals surface area contributed by atoms with Gasteiger partial charge in [0, 0.05) is 28.5 Å². The summed E-state index contributed by atoms with van der Waals surface area (Å²) < 4.78 is 3.15. The van der Waals surface area contributed by atoms with Gasteiger partial charge in [-0.05, 0) is 36.8 Å². The lowest BCUT2D eigenvalue weighted by Crippen LogP contribution is -2.13. The van der Waals surface area contributed by atoms with Crippen molar-refractivity contribution in [3.8, 4) is 0 Å². The molecule has 0 aliphatic heterocycles. The molecule has 5 nitrogen and oxygen atoms in total. The first kappa shape index (κ1) is 21.9. The van der Waals surface area contributed by atoms with Gasteiger partial charge in [0.25, 0.3) is 0 Å². The number of nitrogens with one attached hydrogen (secondary N) is 1. The van der Waals surface area contributed by atoms with Gasteiger partial charge in [0.15, 0.2) is 4.34 Å². The molecule has 0 saturated heterocycles. The van der Waals surface area contributed by atoms with Crippen LogP contribution in [0.1, 0.15) is 23.6 Å². The number of benzene rings is 2. The van der Waals surface area contributed by atoms with Crippen LogP contribution in [0.4, 0.5) is 5.13 Å². The van der Waals surface area contributed by atoms with Crippen LogP contribution in [-0.4, -0.2) is 32.2 Å². The smallest absolute Gasteiger partial charge is 0.236 e. The molecule has 0 aliphatic carbocycles. The maximum Gasteiger partial charge on any atom is 0.236 e. The number of para-hydroxylation sites is 1. The highest BCUT2D eigenvalue weighted by molar-refractivity contribution is 8.01. The van der Waals surface area contributed by atoms with Crippen LogP contribution in [-0.2, 0) is 11.3 Å². The fourth-order valence-electron chi connectivity index (χ4n) is 3.35. The monoisotopic (exact) mass is 468 g/mol. The SMILES string of the molecule is CCSc1nnc(NC(=O)CSc2cn(Cc3cc(C)ccc3C)c3ccccc23)s1. The van der Waals surface area contributed by atoms with Gasteiger partial charge >= 0.3 is 0 Å². The number of carbonyl (C=O) groups excluding carboxylic acids is 1. The van der Waals surface area contributed by atoms with E-state index in [2.05, 4.69) is 83.4 Å². The molecule has 0 spiro atoms. The van der Waals surface area contributed by atoms with Crippen molar-refractivity contribution in [1.29, 1.82) is 0 Å². The summed E-state index contributed by atoms with van der Waals surface area (Å²) in [5.41, 5.74) is 5.04. The van der Waals surface area contributed by atoms with E-state index >= 15 is 0 Å². The highest BCUT2D eigenvalue weighted by Gasteiger charge is 2.13. The van der Waals surface area contributed by atoms with Crippen molar-refractivity contribution in [3.63, 3.8) is 0 Å². The number of anilines is 1. The molecule has 2 aromatic heterocycles. The van der Waals surface area contributed by atoms with E-state index in [9.17, 15) is 4.79 Å². The first-order valence-corrected chi connectivity index (χ1v) is 12.8. The first-order valence-electron chi connectivity index (χ1n) is 10.1. The summed E-state index contributed by atoms with van der Waals surface area (Å²) in [6.45, 7) is 7.15. The number of thioether (sulfide) groups is 2. The number of hydrogen-bond donors (Lipinski definition) is 1. The predicted molar refractivity (Wildman–Crippen MR) is 133 cm³/mol. The maximum absolute atomic E-state index is 12.5. The van der Waals surface area contributed by atoms with Gasteiger partial charge in [-0.2, -0.15) is 0 Å². The van der Waals surface area contributed by atoms with Crippen LogP contribution in [0.3, 0.4) is 0 Å². The summed E-state index contributed by atoms with van der Waals surface area (Å²) in [6, 6.07) is 14.9. The third kappa shape index (κ3) is 5.31. The van der Waals surface area contributed by atoms with E-state index in [0.717, 1.165) is 21.5 Å². The van der Waals surface area contributed by atoms with Crippen LogP contribution in [0.15, 0.2) is 57.9 Å². The van der Waals surface area contributed by atoms with E-state index < -0.39 is 0 Å². The third-order valence-corrected chi connectivity index (χ3v) is 7.77. The molecule has 1 N–H and O–H groups in total. The molecule has 4 aromatic rings. The average molecular weight is 469 g/mol. The summed E-state index contributed by atoms with van der Waals surface area (Å²) in [4.78, 5) is 13.6. The van der Waals surface area contributed by atoms with Crippen molar-refractivity contribution in [2.75, 3.05) is 16.8 Å². The Labute approximate surface area is 194 Å². The minimum atomic E-state index is -0.0689. The number of hydrogen-bond acceptors (Lipinski definition) is 6. The number of aryl methyl sites for hydroxylation is 2. The zero-order valence-electron chi connectivity index (χ0n) is 17.7. The van der Waals surface area contributed by atoms with Gasteiger partial charge in [-0.3, -0.25) is 10.1 Å². The molecule has 0 radical (unpaired) electrons. The molecular weight excluding hydrogens is 444 g/mol. The second-order valence-electron chi connectivity index (χ2n) is 7.21. The molecule has 2 aromatic carbocycles. The van der Waals surface area contributed by atoms with Gasteiger partial charge in [-0.25, -0.2) is 0 Å². The number of nitrogens with zero attached hydrogens (tertiary/aromatic N) is 3. The van der Waals surface area contributed by atoms with Crippen molar-refractivity contribution in [2.24, 2.45) is 0 Å². The zero-order valence-corrected chi connectivity index (χ0v) is 20.2. The Morgan fingerprint density at radius 3 is 2.81 bits per heavy atom. The standard InChI is InChI=1S/C23H24N4OS3/c1-4-29-23-26-25-22(31-23)24-21(28)14-30-20-13-27(19-8-6-5-7-18(19)20)12-17-11-15(2)9-10-16(17)3/h5-11,13H,4,12,14H2,1-3H3,(H,24,25,28). The second-order valence-corrected chi connectivity index (χ2v) is 10.7. The molecular formula is C23H24N4OS3. The van der Waals surface area contributed by atoms with Crippen molar-refractivity contribution in [3.05, 3.63) is 65.4 Å². The summed E-state index contributed by atoms with van der Waals surface area (Å²) in [7, 11) is 0. The summed E-state index contributed by atoms with van der Waals surface area (Å²) in [5, 5.41) is 12.7. The lowest BCUT2D eigenvalue weighted by atomic mass is 10.1. The Hall–Kier alpha value is -2.29. The van der Waals surface area contributed by atoms with Crippen LogP contribution in [0.2, 0.25) is 0 Å². The highest BCUT2D eigenvalue weighted by Crippen LogP contribution is 2.31. The van der Waals surface area contributed by atoms with E-state index in [1.54, 1.807) is 23.5 Å². The molecule has 0 saturated carbocycles. The fraction of sp³-hybridized carbons (Fsp3) is 0.261. The van der Waals surface area contributed by atoms with E-state index in [1.807, 2.05) is 6.07 Å². The van der Waals surface area contributed by atoms with Crippen LogP contribution >= 0.6 is 34.9 Å². The molecule has 4 rings (SSSR count). The van der Waals surface area contributed by atoms with Crippen molar-refractivity contribution in [1.82, 2.24) is 14.8 Å². The van der Waals surface area contributed by atoms with E-state index in [-0.39, 0.29) is 5.91 Å². The lowest BCUT2D eigenvalue weighted by molar-refractivity contribution is -0.113. The van der Waals surface area contributed by atoms with Gasteiger partial charge in [-0.1, -0.05) is 72.0 Å². The number of amides is 1. The van der Waals surface area contributed by atoms with Crippen molar-refractivity contribution < 1.29 is 4.79 Å². The minimum Gasteiger partial charge on any atom is -0.342 e. The topological polar surface area (TPSA) is 59.8 Å². The van der Waals surface area contributed by atoms with Crippen LogP contribution < -0.4 is 5.32 Å². The Morgan fingerprint density at radius 2 is 1.97 bits per heavy atom. The quantitative estimate of drug-likeness (QED) is 0.254. The van der Waals surface area contributed by atoms with Gasteiger partial charge in [-0.15, -0.1) is 22.0 Å². The maximum atomic E-state index is 12.5. The summed E-state index contributed by atoms with van der Waals surface area (Å²) in [6.07, 6.45) is 2.16. The van der Waals surface area contributed by atoms with Crippen molar-refractivity contribution in [2.45, 2.75) is 36.6 Å². The molecule has 31 heavy (non-hydrogen) atoms. The second kappa shape index (κ2) is 9.89. The molecule has 1 amide bonds. The van der Waals surface area contributed by atoms with Crippen LogP contribution in [0, 0.1) is 13.8 Å². The highest BCUT2D eigenvalue weighted by atomic mass is 32.2. The number of carbonyl (C=O) groups is 1. The molecule has 2 heterocycles. The normalized spacial score (nSPS) is 11.2. The van der Waals surface area contributed by atoms with Gasteiger partial charge < -0.3 is 4.57 Å². The van der Waals surface area contributed by atoms with Gasteiger partial charge in [0.05, 0.1) is 5.75 Å². The lowest BCUT2D eigenvalue weighted by Gasteiger charge is -2.09. The van der Waals surface area contributed by atoms with Crippen LogP contribution in [0.25, 0.3) is 10.9 Å². The van der Waals surface area contributed by atoms with E-state index in [1.165, 1.54) is 38.9 Å². The number of aromatic nitrogens is 3. The molecule has 0 aliphatic rings. The third-order valence-electron chi connectivity index (χ3n) is 4.88. The Balaban J connectivity index is 1.49. The zero-order chi connectivity index (χ0) is 21.8. The first-order chi connectivity index (χ1) is 15.0. The predicted octanol–water partition coefficient (Wildman–Crippen LogP) is 6.00. The Bertz CT molecular complexity index is 1210. The van der Waals surface area contributed by atoms with Crippen LogP contribution in [0.5, 0.6) is 0 Å². The Morgan fingerprint density at radius 1 is 1.13 bits per heavy atom. The van der Waals surface area contributed by atoms with Crippen molar-refractivity contribution >= 4 is 56.8 Å². The molecule has 0 unspecified atom stereocenters. The molecule has 0 bridgehead atoms. The molecule has 0 fully saturated rings. The fourth-order valence-corrected chi connectivity index (χ4v) is 5.91. The molecule has 160 valence electrons. The largest absolute Gasteiger partial charge is 0.342 e. The van der Waals surface area contributed by atoms with E-state index in [0.29, 0.717) is 10.9 Å². The number of fused-ring (bicyclic) bond motifs is 1. The molecule has 8 heteroatoms. The molecule has 0 atom stereocenters. The van der Waals surface area contributed by atoms with E-state index in [4.69, 9.17) is 0 Å². The van der Waals surface area contributed by atoms with Gasteiger partial charge in [0.2, 0.25) is 11.0 Å². The summed E-state index contributed by atoms with van der Waals surface area (Å²) in [5.74, 6) is 1.19. The summed E-state index contributed by atoms with van der Waals surface area (Å²) >= 11 is 4.59. The average Bonchev–Trinajstić information content (AvgIpc) is 3.34. The Kier molecular flexibility index (Phi) is 6.99. The number of rotatable bonds is 8. The van der Waals surface area contributed by atoms with Gasteiger partial charge in [0.1, 0.15) is 0 Å². The minimum absolute atomic E-state index is 0.0689.